The van der Waals surface area contributed by atoms with E-state index in [1.165, 1.54) is 0 Å². The fraction of sp³-hybridized carbons (Fsp3) is 0.333. The van der Waals surface area contributed by atoms with Crippen molar-refractivity contribution in [1.29, 1.82) is 0 Å². The monoisotopic (exact) mass is 272 g/mol. The number of aromatic nitrogens is 2. The quantitative estimate of drug-likeness (QED) is 0.843. The summed E-state index contributed by atoms with van der Waals surface area (Å²) >= 11 is 0. The van der Waals surface area contributed by atoms with Gasteiger partial charge in [-0.05, 0) is 25.0 Å². The Balaban J connectivity index is 2.02. The summed E-state index contributed by atoms with van der Waals surface area (Å²) in [6.45, 7) is 5.68. The molecule has 2 rings (SSSR count). The maximum Gasteiger partial charge on any atom is 0.226 e. The van der Waals surface area contributed by atoms with Gasteiger partial charge in [0.2, 0.25) is 11.8 Å². The number of ether oxygens (including phenoxy) is 1. The average Bonchev–Trinajstić information content (AvgIpc) is 2.45. The lowest BCUT2D eigenvalue weighted by Gasteiger charge is -2.08. The highest BCUT2D eigenvalue weighted by atomic mass is 16.5. The Hall–Kier alpha value is -2.14. The molecule has 1 aromatic carbocycles. The molecule has 0 aliphatic carbocycles. The first kappa shape index (κ1) is 14.3. The lowest BCUT2D eigenvalue weighted by molar-refractivity contribution is 0.326. The lowest BCUT2D eigenvalue weighted by Crippen LogP contribution is -2.06. The molecule has 0 saturated heterocycles. The van der Waals surface area contributed by atoms with Gasteiger partial charge in [-0.3, -0.25) is 0 Å². The summed E-state index contributed by atoms with van der Waals surface area (Å²) in [6, 6.07) is 9.98. The maximum absolute atomic E-state index is 5.58. The first-order valence-corrected chi connectivity index (χ1v) is 6.71. The molecule has 0 saturated carbocycles. The van der Waals surface area contributed by atoms with Gasteiger partial charge in [-0.2, -0.15) is 4.98 Å². The summed E-state index contributed by atoms with van der Waals surface area (Å²) in [4.78, 5) is 8.65. The Labute approximate surface area is 119 Å². The van der Waals surface area contributed by atoms with Crippen molar-refractivity contribution in [2.45, 2.75) is 26.9 Å². The van der Waals surface area contributed by atoms with Crippen LogP contribution in [0, 0.1) is 6.92 Å². The molecule has 5 heteroatoms. The van der Waals surface area contributed by atoms with Gasteiger partial charge in [0.25, 0.3) is 0 Å². The van der Waals surface area contributed by atoms with E-state index in [1.54, 1.807) is 0 Å². The van der Waals surface area contributed by atoms with Crippen LogP contribution in [0.4, 0.5) is 5.95 Å². The molecule has 20 heavy (non-hydrogen) atoms. The van der Waals surface area contributed by atoms with Crippen molar-refractivity contribution in [2.24, 2.45) is 5.73 Å². The van der Waals surface area contributed by atoms with E-state index in [4.69, 9.17) is 10.5 Å². The largest absolute Gasteiger partial charge is 0.478 e. The first-order valence-electron chi connectivity index (χ1n) is 6.71. The number of nitrogens with zero attached hydrogens (tertiary/aromatic N) is 2. The standard InChI is InChI=1S/C15H20N4O/c1-3-20-14-8-11(2)18-15(19-14)17-10-13-6-4-12(9-16)5-7-13/h4-8H,3,9-10,16H2,1-2H3,(H,17,18,19). The molecule has 1 aromatic heterocycles. The van der Waals surface area contributed by atoms with E-state index in [0.29, 0.717) is 31.5 Å². The van der Waals surface area contributed by atoms with Gasteiger partial charge in [-0.1, -0.05) is 24.3 Å². The Kier molecular flexibility index (Phi) is 4.90. The highest BCUT2D eigenvalue weighted by Gasteiger charge is 2.03. The normalized spacial score (nSPS) is 10.3. The molecule has 0 unspecified atom stereocenters. The summed E-state index contributed by atoms with van der Waals surface area (Å²) in [5.41, 5.74) is 8.74. The van der Waals surface area contributed by atoms with Crippen molar-refractivity contribution in [3.05, 3.63) is 47.2 Å². The number of nitrogens with one attached hydrogen (secondary N) is 1. The minimum atomic E-state index is 0.562. The van der Waals surface area contributed by atoms with E-state index >= 15 is 0 Å². The molecule has 0 bridgehead atoms. The maximum atomic E-state index is 5.58. The molecule has 0 aliphatic heterocycles. The predicted molar refractivity (Wildman–Crippen MR) is 79.6 cm³/mol. The highest BCUT2D eigenvalue weighted by molar-refractivity contribution is 5.33. The number of benzene rings is 1. The van der Waals surface area contributed by atoms with Crippen molar-refractivity contribution in [3.63, 3.8) is 0 Å². The molecule has 0 amide bonds. The number of nitrogens with two attached hydrogens (primary N) is 1. The van der Waals surface area contributed by atoms with Crippen LogP contribution >= 0.6 is 0 Å². The summed E-state index contributed by atoms with van der Waals surface area (Å²) in [6.07, 6.45) is 0. The molecule has 0 aliphatic rings. The summed E-state index contributed by atoms with van der Waals surface area (Å²) in [5.74, 6) is 1.18. The summed E-state index contributed by atoms with van der Waals surface area (Å²) < 4.78 is 5.40. The molecular weight excluding hydrogens is 252 g/mol. The van der Waals surface area contributed by atoms with Gasteiger partial charge in [-0.25, -0.2) is 4.98 Å². The van der Waals surface area contributed by atoms with Crippen molar-refractivity contribution in [2.75, 3.05) is 11.9 Å². The van der Waals surface area contributed by atoms with E-state index in [1.807, 2.05) is 32.0 Å². The van der Waals surface area contributed by atoms with E-state index in [9.17, 15) is 0 Å². The molecule has 2 aromatic rings. The Morgan fingerprint density at radius 1 is 1.15 bits per heavy atom. The predicted octanol–water partition coefficient (Wildman–Crippen LogP) is 2.25. The molecule has 0 radical (unpaired) electrons. The van der Waals surface area contributed by atoms with Gasteiger partial charge in [0.1, 0.15) is 0 Å². The van der Waals surface area contributed by atoms with Crippen LogP contribution in [0.25, 0.3) is 0 Å². The van der Waals surface area contributed by atoms with Crippen LogP contribution in [0.15, 0.2) is 30.3 Å². The molecular formula is C15H20N4O. The van der Waals surface area contributed by atoms with Crippen LogP contribution in [0.1, 0.15) is 23.7 Å². The smallest absolute Gasteiger partial charge is 0.226 e. The third-order valence-corrected chi connectivity index (χ3v) is 2.83. The van der Waals surface area contributed by atoms with Crippen LogP contribution in [0.5, 0.6) is 5.88 Å². The van der Waals surface area contributed by atoms with Gasteiger partial charge in [-0.15, -0.1) is 0 Å². The van der Waals surface area contributed by atoms with Crippen molar-refractivity contribution in [1.82, 2.24) is 9.97 Å². The second-order valence-electron chi connectivity index (χ2n) is 4.48. The van der Waals surface area contributed by atoms with Gasteiger partial charge in [0.05, 0.1) is 6.61 Å². The van der Waals surface area contributed by atoms with Gasteiger partial charge >= 0.3 is 0 Å². The van der Waals surface area contributed by atoms with Crippen molar-refractivity contribution in [3.8, 4) is 5.88 Å². The fourth-order valence-corrected chi connectivity index (χ4v) is 1.81. The zero-order valence-corrected chi connectivity index (χ0v) is 11.9. The van der Waals surface area contributed by atoms with Crippen molar-refractivity contribution < 1.29 is 4.74 Å². The molecule has 0 atom stereocenters. The van der Waals surface area contributed by atoms with E-state index < -0.39 is 0 Å². The van der Waals surface area contributed by atoms with Crippen LogP contribution in [0.3, 0.4) is 0 Å². The third kappa shape index (κ3) is 3.93. The minimum absolute atomic E-state index is 0.562. The molecule has 106 valence electrons. The van der Waals surface area contributed by atoms with Gasteiger partial charge in [0, 0.05) is 24.8 Å². The lowest BCUT2D eigenvalue weighted by atomic mass is 10.1. The number of anilines is 1. The SMILES string of the molecule is CCOc1cc(C)nc(NCc2ccc(CN)cc2)n1. The topological polar surface area (TPSA) is 73.1 Å². The highest BCUT2D eigenvalue weighted by Crippen LogP contribution is 2.13. The van der Waals surface area contributed by atoms with Gasteiger partial charge in [0.15, 0.2) is 0 Å². The van der Waals surface area contributed by atoms with Crippen molar-refractivity contribution >= 4 is 5.95 Å². The average molecular weight is 272 g/mol. The summed E-state index contributed by atoms with van der Waals surface area (Å²) in [5, 5.41) is 3.20. The number of hydrogen-bond acceptors (Lipinski definition) is 5. The molecule has 0 fully saturated rings. The molecule has 5 nitrogen and oxygen atoms in total. The zero-order chi connectivity index (χ0) is 14.4. The Morgan fingerprint density at radius 3 is 2.50 bits per heavy atom. The van der Waals surface area contributed by atoms with Crippen LogP contribution in [0.2, 0.25) is 0 Å². The molecule has 3 N–H and O–H groups in total. The number of hydrogen-bond donors (Lipinski definition) is 2. The third-order valence-electron chi connectivity index (χ3n) is 2.83. The van der Waals surface area contributed by atoms with Crippen LogP contribution in [-0.2, 0) is 13.1 Å². The van der Waals surface area contributed by atoms with Gasteiger partial charge < -0.3 is 15.8 Å². The van der Waals surface area contributed by atoms with Crippen LogP contribution < -0.4 is 15.8 Å². The second kappa shape index (κ2) is 6.86. The fourth-order valence-electron chi connectivity index (χ4n) is 1.81. The van der Waals surface area contributed by atoms with E-state index in [0.717, 1.165) is 16.8 Å². The Bertz CT molecular complexity index is 554. The van der Waals surface area contributed by atoms with E-state index in [2.05, 4.69) is 27.4 Å². The second-order valence-corrected chi connectivity index (χ2v) is 4.48. The summed E-state index contributed by atoms with van der Waals surface area (Å²) in [7, 11) is 0. The first-order chi connectivity index (χ1) is 9.71. The molecule has 0 spiro atoms. The van der Waals surface area contributed by atoms with Crippen LogP contribution in [-0.4, -0.2) is 16.6 Å². The molecule has 1 heterocycles. The number of aryl methyl sites for hydroxylation is 1. The Morgan fingerprint density at radius 2 is 1.85 bits per heavy atom. The number of rotatable bonds is 6. The minimum Gasteiger partial charge on any atom is -0.478 e. The van der Waals surface area contributed by atoms with E-state index in [-0.39, 0.29) is 0 Å². The zero-order valence-electron chi connectivity index (χ0n) is 11.9.